The number of aliphatic hydroxyl groups excluding tert-OH is 1. The summed E-state index contributed by atoms with van der Waals surface area (Å²) in [4.78, 5) is 10.9. The molecule has 0 amide bonds. The number of rotatable bonds is 7. The zero-order valence-electron chi connectivity index (χ0n) is 11.1. The van der Waals surface area contributed by atoms with E-state index in [9.17, 15) is 9.90 Å². The second-order valence-corrected chi connectivity index (χ2v) is 4.49. The Bertz CT molecular complexity index is 399. The van der Waals surface area contributed by atoms with Crippen LogP contribution in [-0.2, 0) is 6.54 Å². The van der Waals surface area contributed by atoms with Crippen LogP contribution in [0.25, 0.3) is 0 Å². The molecule has 0 aliphatic carbocycles. The summed E-state index contributed by atoms with van der Waals surface area (Å²) in [5.74, 6) is -0.00609. The predicted molar refractivity (Wildman–Crippen MR) is 67.6 cm³/mol. The minimum absolute atomic E-state index is 0.0471. The van der Waals surface area contributed by atoms with Crippen molar-refractivity contribution in [1.82, 2.24) is 5.32 Å². The second kappa shape index (κ2) is 6.02. The average molecular weight is 255 g/mol. The molecule has 0 spiro atoms. The molecule has 0 saturated heterocycles. The summed E-state index contributed by atoms with van der Waals surface area (Å²) >= 11 is 0. The van der Waals surface area contributed by atoms with Gasteiger partial charge in [-0.05, 0) is 25.8 Å². The van der Waals surface area contributed by atoms with E-state index in [1.54, 1.807) is 6.92 Å². The number of aryl methyl sites for hydroxylation is 1. The summed E-state index contributed by atoms with van der Waals surface area (Å²) < 4.78 is 5.38. The van der Waals surface area contributed by atoms with Gasteiger partial charge in [0.25, 0.3) is 0 Å². The molecule has 3 N–H and O–H groups in total. The van der Waals surface area contributed by atoms with E-state index >= 15 is 0 Å². The van der Waals surface area contributed by atoms with E-state index in [1.165, 1.54) is 6.07 Å². The monoisotopic (exact) mass is 255 g/mol. The molecule has 0 saturated carbocycles. The van der Waals surface area contributed by atoms with Crippen molar-refractivity contribution in [2.75, 3.05) is 6.61 Å². The maximum atomic E-state index is 10.9. The Labute approximate surface area is 107 Å². The third-order valence-corrected chi connectivity index (χ3v) is 3.49. The minimum Gasteiger partial charge on any atom is -0.478 e. The molecular weight excluding hydrogens is 234 g/mol. The Balaban J connectivity index is 2.74. The summed E-state index contributed by atoms with van der Waals surface area (Å²) in [7, 11) is 0. The number of hydrogen-bond donors (Lipinski definition) is 3. The number of hydrogen-bond acceptors (Lipinski definition) is 4. The van der Waals surface area contributed by atoms with Crippen molar-refractivity contribution in [2.24, 2.45) is 0 Å². The molecule has 1 aromatic heterocycles. The summed E-state index contributed by atoms with van der Waals surface area (Å²) in [5, 5.41) is 21.6. The van der Waals surface area contributed by atoms with Gasteiger partial charge in [0.15, 0.2) is 0 Å². The summed E-state index contributed by atoms with van der Waals surface area (Å²) in [6.45, 7) is 6.10. The highest BCUT2D eigenvalue weighted by Crippen LogP contribution is 2.18. The van der Waals surface area contributed by atoms with Gasteiger partial charge in [0.05, 0.1) is 13.2 Å². The van der Waals surface area contributed by atoms with Crippen LogP contribution in [0, 0.1) is 6.92 Å². The van der Waals surface area contributed by atoms with Crippen LogP contribution in [0.3, 0.4) is 0 Å². The van der Waals surface area contributed by atoms with Crippen molar-refractivity contribution < 1.29 is 19.4 Å². The van der Waals surface area contributed by atoms with Crippen molar-refractivity contribution >= 4 is 5.97 Å². The van der Waals surface area contributed by atoms with Crippen molar-refractivity contribution in [2.45, 2.75) is 45.7 Å². The van der Waals surface area contributed by atoms with Gasteiger partial charge in [-0.1, -0.05) is 13.8 Å². The largest absolute Gasteiger partial charge is 0.478 e. The first kappa shape index (κ1) is 14.7. The van der Waals surface area contributed by atoms with Gasteiger partial charge >= 0.3 is 5.97 Å². The molecule has 0 fully saturated rings. The van der Waals surface area contributed by atoms with Crippen molar-refractivity contribution in [3.63, 3.8) is 0 Å². The summed E-state index contributed by atoms with van der Waals surface area (Å²) in [5.41, 5.74) is -0.140. The van der Waals surface area contributed by atoms with Crippen LogP contribution >= 0.6 is 0 Å². The number of nitrogens with one attached hydrogen (secondary N) is 1. The van der Waals surface area contributed by atoms with Crippen LogP contribution in [0.15, 0.2) is 10.5 Å². The van der Waals surface area contributed by atoms with Crippen LogP contribution in [0.1, 0.15) is 48.6 Å². The van der Waals surface area contributed by atoms with E-state index in [0.29, 0.717) is 18.1 Å². The lowest BCUT2D eigenvalue weighted by Gasteiger charge is -2.30. The quantitative estimate of drug-likeness (QED) is 0.693. The third kappa shape index (κ3) is 3.11. The molecular formula is C13H21NO4. The number of carboxylic acid groups (broad SMARTS) is 1. The zero-order valence-corrected chi connectivity index (χ0v) is 11.1. The molecule has 0 bridgehead atoms. The Kier molecular flexibility index (Phi) is 4.93. The number of aliphatic hydroxyl groups is 1. The molecule has 0 atom stereocenters. The molecule has 102 valence electrons. The highest BCUT2D eigenvalue weighted by atomic mass is 16.4. The van der Waals surface area contributed by atoms with Gasteiger partial charge in [0.1, 0.15) is 17.1 Å². The number of carboxylic acids is 1. The fraction of sp³-hybridized carbons (Fsp3) is 0.615. The lowest BCUT2D eigenvalue weighted by molar-refractivity contribution is 0.0695. The van der Waals surface area contributed by atoms with E-state index in [2.05, 4.69) is 5.32 Å². The van der Waals surface area contributed by atoms with Crippen LogP contribution in [-0.4, -0.2) is 28.3 Å². The molecule has 0 radical (unpaired) electrons. The normalized spacial score (nSPS) is 11.8. The van der Waals surface area contributed by atoms with E-state index in [0.717, 1.165) is 12.8 Å². The van der Waals surface area contributed by atoms with Crippen LogP contribution in [0.2, 0.25) is 0 Å². The van der Waals surface area contributed by atoms with E-state index in [4.69, 9.17) is 9.52 Å². The van der Waals surface area contributed by atoms with E-state index in [-0.39, 0.29) is 17.7 Å². The van der Waals surface area contributed by atoms with Gasteiger partial charge in [-0.25, -0.2) is 4.79 Å². The molecule has 5 heteroatoms. The van der Waals surface area contributed by atoms with Crippen molar-refractivity contribution in [1.29, 1.82) is 0 Å². The highest BCUT2D eigenvalue weighted by molar-refractivity contribution is 5.88. The number of furan rings is 1. The highest BCUT2D eigenvalue weighted by Gasteiger charge is 2.25. The summed E-state index contributed by atoms with van der Waals surface area (Å²) in [6.07, 6.45) is 1.59. The standard InChI is InChI=1S/C13H21NO4/c1-4-13(5-2,8-15)14-7-10-6-11(12(16)17)9(3)18-10/h6,14-15H,4-5,7-8H2,1-3H3,(H,16,17). The van der Waals surface area contributed by atoms with Gasteiger partial charge in [0, 0.05) is 5.54 Å². The molecule has 0 aliphatic rings. The first-order chi connectivity index (χ1) is 8.48. The minimum atomic E-state index is -0.984. The van der Waals surface area contributed by atoms with E-state index < -0.39 is 5.97 Å². The first-order valence-electron chi connectivity index (χ1n) is 6.16. The Hall–Kier alpha value is -1.33. The molecule has 0 aromatic carbocycles. The van der Waals surface area contributed by atoms with Gasteiger partial charge in [-0.2, -0.15) is 0 Å². The predicted octanol–water partition coefficient (Wildman–Crippen LogP) is 1.93. The lowest BCUT2D eigenvalue weighted by Crippen LogP contribution is -2.46. The molecule has 18 heavy (non-hydrogen) atoms. The van der Waals surface area contributed by atoms with Crippen molar-refractivity contribution in [3.8, 4) is 0 Å². The molecule has 1 aromatic rings. The maximum absolute atomic E-state index is 10.9. The SMILES string of the molecule is CCC(CC)(CO)NCc1cc(C(=O)O)c(C)o1. The molecule has 0 unspecified atom stereocenters. The first-order valence-corrected chi connectivity index (χ1v) is 6.16. The fourth-order valence-electron chi connectivity index (χ4n) is 1.90. The average Bonchev–Trinajstić information content (AvgIpc) is 2.73. The molecule has 5 nitrogen and oxygen atoms in total. The fourth-order valence-corrected chi connectivity index (χ4v) is 1.90. The Morgan fingerprint density at radius 2 is 2.06 bits per heavy atom. The Morgan fingerprint density at radius 3 is 2.44 bits per heavy atom. The van der Waals surface area contributed by atoms with Crippen LogP contribution < -0.4 is 5.32 Å². The summed E-state index contributed by atoms with van der Waals surface area (Å²) in [6, 6.07) is 1.53. The third-order valence-electron chi connectivity index (χ3n) is 3.49. The maximum Gasteiger partial charge on any atom is 0.339 e. The van der Waals surface area contributed by atoms with Gasteiger partial charge in [0.2, 0.25) is 0 Å². The molecule has 1 rings (SSSR count). The molecule has 1 heterocycles. The van der Waals surface area contributed by atoms with Crippen LogP contribution in [0.5, 0.6) is 0 Å². The zero-order chi connectivity index (χ0) is 13.8. The lowest BCUT2D eigenvalue weighted by atomic mass is 9.94. The van der Waals surface area contributed by atoms with Gasteiger partial charge < -0.3 is 19.9 Å². The van der Waals surface area contributed by atoms with Crippen molar-refractivity contribution in [3.05, 3.63) is 23.2 Å². The molecule has 0 aliphatic heterocycles. The Morgan fingerprint density at radius 1 is 1.44 bits per heavy atom. The second-order valence-electron chi connectivity index (χ2n) is 4.49. The number of carbonyl (C=O) groups is 1. The van der Waals surface area contributed by atoms with E-state index in [1.807, 2.05) is 13.8 Å². The topological polar surface area (TPSA) is 82.7 Å². The van der Waals surface area contributed by atoms with Gasteiger partial charge in [-0.15, -0.1) is 0 Å². The number of aromatic carboxylic acids is 1. The smallest absolute Gasteiger partial charge is 0.339 e. The van der Waals surface area contributed by atoms with Gasteiger partial charge in [-0.3, -0.25) is 0 Å². The van der Waals surface area contributed by atoms with Crippen LogP contribution in [0.4, 0.5) is 0 Å².